The summed E-state index contributed by atoms with van der Waals surface area (Å²) in [5.74, 6) is -0.175. The molecule has 0 saturated carbocycles. The molecular weight excluding hydrogens is 362 g/mol. The Labute approximate surface area is 161 Å². The third-order valence-electron chi connectivity index (χ3n) is 4.85. The first-order valence-electron chi connectivity index (χ1n) is 8.99. The van der Waals surface area contributed by atoms with Crippen molar-refractivity contribution in [3.63, 3.8) is 0 Å². The van der Waals surface area contributed by atoms with Crippen molar-refractivity contribution in [3.05, 3.63) is 60.2 Å². The maximum absolute atomic E-state index is 13.3. The molecule has 1 saturated heterocycles. The SMILES string of the molecule is Cc1ccccc1N(CC(=O)N1CCN(C)CC1)S(=O)(=O)c1ccccc1. The fourth-order valence-electron chi connectivity index (χ4n) is 3.14. The van der Waals surface area contributed by atoms with Crippen LogP contribution in [0, 0.1) is 6.92 Å². The normalized spacial score (nSPS) is 15.6. The van der Waals surface area contributed by atoms with Gasteiger partial charge in [0.1, 0.15) is 6.54 Å². The molecule has 2 aromatic rings. The number of para-hydroxylation sites is 1. The van der Waals surface area contributed by atoms with Crippen molar-refractivity contribution in [2.24, 2.45) is 0 Å². The molecule has 0 bridgehead atoms. The van der Waals surface area contributed by atoms with E-state index in [4.69, 9.17) is 0 Å². The Morgan fingerprint density at radius 3 is 2.19 bits per heavy atom. The lowest BCUT2D eigenvalue weighted by Gasteiger charge is -2.34. The number of amides is 1. The summed E-state index contributed by atoms with van der Waals surface area (Å²) >= 11 is 0. The fourth-order valence-corrected chi connectivity index (χ4v) is 4.64. The number of likely N-dealkylation sites (N-methyl/N-ethyl adjacent to an activating group) is 1. The molecule has 1 aliphatic rings. The first-order chi connectivity index (χ1) is 12.9. The third kappa shape index (κ3) is 4.31. The topological polar surface area (TPSA) is 60.9 Å². The average Bonchev–Trinajstić information content (AvgIpc) is 2.68. The van der Waals surface area contributed by atoms with Crippen molar-refractivity contribution in [1.29, 1.82) is 0 Å². The van der Waals surface area contributed by atoms with Gasteiger partial charge in [-0.15, -0.1) is 0 Å². The van der Waals surface area contributed by atoms with Crippen LogP contribution in [0.15, 0.2) is 59.5 Å². The number of carbonyl (C=O) groups excluding carboxylic acids is 1. The zero-order valence-electron chi connectivity index (χ0n) is 15.7. The molecule has 7 heteroatoms. The van der Waals surface area contributed by atoms with Crippen LogP contribution in [0.4, 0.5) is 5.69 Å². The van der Waals surface area contributed by atoms with Crippen molar-refractivity contribution < 1.29 is 13.2 Å². The van der Waals surface area contributed by atoms with Crippen LogP contribution in [0.1, 0.15) is 5.56 Å². The Bertz CT molecular complexity index is 892. The number of benzene rings is 2. The zero-order valence-corrected chi connectivity index (χ0v) is 16.5. The molecule has 0 atom stereocenters. The van der Waals surface area contributed by atoms with E-state index in [1.807, 2.05) is 26.1 Å². The molecule has 1 aliphatic heterocycles. The average molecular weight is 388 g/mol. The molecular formula is C20H25N3O3S. The number of hydrogen-bond acceptors (Lipinski definition) is 4. The maximum atomic E-state index is 13.3. The summed E-state index contributed by atoms with van der Waals surface area (Å²) < 4.78 is 27.8. The molecule has 0 unspecified atom stereocenters. The van der Waals surface area contributed by atoms with Crippen molar-refractivity contribution >= 4 is 21.6 Å². The van der Waals surface area contributed by atoms with Crippen LogP contribution in [0.2, 0.25) is 0 Å². The Morgan fingerprint density at radius 2 is 1.56 bits per heavy atom. The molecule has 1 fully saturated rings. The molecule has 0 aliphatic carbocycles. The van der Waals surface area contributed by atoms with E-state index in [2.05, 4.69) is 4.90 Å². The lowest BCUT2D eigenvalue weighted by Crippen LogP contribution is -2.51. The van der Waals surface area contributed by atoms with E-state index < -0.39 is 10.0 Å². The predicted molar refractivity (Wildman–Crippen MR) is 106 cm³/mol. The largest absolute Gasteiger partial charge is 0.339 e. The molecule has 0 aromatic heterocycles. The van der Waals surface area contributed by atoms with E-state index in [0.717, 1.165) is 18.7 Å². The lowest BCUT2D eigenvalue weighted by molar-refractivity contribution is -0.131. The van der Waals surface area contributed by atoms with Crippen LogP contribution >= 0.6 is 0 Å². The van der Waals surface area contributed by atoms with Crippen LogP contribution in [0.25, 0.3) is 0 Å². The highest BCUT2D eigenvalue weighted by Crippen LogP contribution is 2.26. The van der Waals surface area contributed by atoms with Crippen molar-refractivity contribution in [2.45, 2.75) is 11.8 Å². The number of anilines is 1. The van der Waals surface area contributed by atoms with E-state index in [1.165, 1.54) is 4.31 Å². The minimum absolute atomic E-state index is 0.175. The van der Waals surface area contributed by atoms with E-state index in [1.54, 1.807) is 47.4 Å². The number of rotatable bonds is 5. The van der Waals surface area contributed by atoms with Gasteiger partial charge in [0.25, 0.3) is 10.0 Å². The van der Waals surface area contributed by atoms with Crippen molar-refractivity contribution in [2.75, 3.05) is 44.1 Å². The quantitative estimate of drug-likeness (QED) is 0.787. The monoisotopic (exact) mass is 387 g/mol. The second-order valence-corrected chi connectivity index (χ2v) is 8.66. The Morgan fingerprint density at radius 1 is 0.963 bits per heavy atom. The van der Waals surface area contributed by atoms with Gasteiger partial charge >= 0.3 is 0 Å². The van der Waals surface area contributed by atoms with Crippen LogP contribution in [0.3, 0.4) is 0 Å². The summed E-state index contributed by atoms with van der Waals surface area (Å²) in [5, 5.41) is 0. The number of aryl methyl sites for hydroxylation is 1. The fraction of sp³-hybridized carbons (Fsp3) is 0.350. The van der Waals surface area contributed by atoms with Crippen LogP contribution in [0.5, 0.6) is 0 Å². The minimum Gasteiger partial charge on any atom is -0.339 e. The first kappa shape index (κ1) is 19.4. The molecule has 2 aromatic carbocycles. The smallest absolute Gasteiger partial charge is 0.264 e. The Kier molecular flexibility index (Phi) is 5.82. The van der Waals surface area contributed by atoms with Gasteiger partial charge in [-0.1, -0.05) is 36.4 Å². The summed E-state index contributed by atoms with van der Waals surface area (Å²) in [4.78, 5) is 17.0. The van der Waals surface area contributed by atoms with E-state index in [9.17, 15) is 13.2 Å². The standard InChI is InChI=1S/C20H25N3O3S/c1-17-8-6-7-11-19(17)23(27(25,26)18-9-4-3-5-10-18)16-20(24)22-14-12-21(2)13-15-22/h3-11H,12-16H2,1-2H3. The van der Waals surface area contributed by atoms with E-state index >= 15 is 0 Å². The molecule has 1 heterocycles. The number of carbonyl (C=O) groups is 1. The van der Waals surface area contributed by atoms with Crippen LogP contribution in [-0.4, -0.2) is 63.9 Å². The molecule has 144 valence electrons. The van der Waals surface area contributed by atoms with Crippen molar-refractivity contribution in [3.8, 4) is 0 Å². The highest BCUT2D eigenvalue weighted by atomic mass is 32.2. The summed E-state index contributed by atoms with van der Waals surface area (Å²) in [5.41, 5.74) is 1.34. The number of hydrogen-bond donors (Lipinski definition) is 0. The molecule has 3 rings (SSSR count). The Balaban J connectivity index is 1.94. The predicted octanol–water partition coefficient (Wildman–Crippen LogP) is 1.96. The maximum Gasteiger partial charge on any atom is 0.264 e. The van der Waals surface area contributed by atoms with Gasteiger partial charge in [-0.3, -0.25) is 9.10 Å². The van der Waals surface area contributed by atoms with Crippen LogP contribution in [-0.2, 0) is 14.8 Å². The van der Waals surface area contributed by atoms with Gasteiger partial charge in [0.2, 0.25) is 5.91 Å². The lowest BCUT2D eigenvalue weighted by atomic mass is 10.2. The molecule has 1 amide bonds. The van der Waals surface area contributed by atoms with Gasteiger partial charge < -0.3 is 9.80 Å². The van der Waals surface area contributed by atoms with Gasteiger partial charge in [-0.25, -0.2) is 8.42 Å². The van der Waals surface area contributed by atoms with Gasteiger partial charge in [0.05, 0.1) is 10.6 Å². The van der Waals surface area contributed by atoms with E-state index in [0.29, 0.717) is 18.8 Å². The summed E-state index contributed by atoms with van der Waals surface area (Å²) in [6, 6.07) is 15.5. The molecule has 0 spiro atoms. The van der Waals surface area contributed by atoms with Gasteiger partial charge in [0.15, 0.2) is 0 Å². The van der Waals surface area contributed by atoms with Gasteiger partial charge in [0, 0.05) is 26.2 Å². The molecule has 0 N–H and O–H groups in total. The zero-order chi connectivity index (χ0) is 19.4. The van der Waals surface area contributed by atoms with Crippen LogP contribution < -0.4 is 4.31 Å². The van der Waals surface area contributed by atoms with E-state index in [-0.39, 0.29) is 17.3 Å². The summed E-state index contributed by atoms with van der Waals surface area (Å²) in [6.45, 7) is 4.46. The number of nitrogens with zero attached hydrogens (tertiary/aromatic N) is 3. The highest BCUT2D eigenvalue weighted by Gasteiger charge is 2.30. The molecule has 27 heavy (non-hydrogen) atoms. The Hall–Kier alpha value is -2.38. The highest BCUT2D eigenvalue weighted by molar-refractivity contribution is 7.92. The number of piperazine rings is 1. The third-order valence-corrected chi connectivity index (χ3v) is 6.62. The minimum atomic E-state index is -3.85. The number of sulfonamides is 1. The summed E-state index contributed by atoms with van der Waals surface area (Å²) in [7, 11) is -1.83. The van der Waals surface area contributed by atoms with Gasteiger partial charge in [-0.2, -0.15) is 0 Å². The van der Waals surface area contributed by atoms with Gasteiger partial charge in [-0.05, 0) is 37.7 Å². The second kappa shape index (κ2) is 8.10. The summed E-state index contributed by atoms with van der Waals surface area (Å²) in [6.07, 6.45) is 0. The molecule has 0 radical (unpaired) electrons. The first-order valence-corrected chi connectivity index (χ1v) is 10.4. The second-order valence-electron chi connectivity index (χ2n) is 6.80. The van der Waals surface area contributed by atoms with Crippen molar-refractivity contribution in [1.82, 2.24) is 9.80 Å². The molecule has 6 nitrogen and oxygen atoms in total.